The SMILES string of the molecule is COc1ccc(C)cc1NC(=O)CSc1nnc(C(C)Oc2ccccc2F)n1CC(C)C. The van der Waals surface area contributed by atoms with E-state index in [9.17, 15) is 9.18 Å². The highest BCUT2D eigenvalue weighted by Crippen LogP contribution is 2.28. The summed E-state index contributed by atoms with van der Waals surface area (Å²) in [5.74, 6) is 1.18. The van der Waals surface area contributed by atoms with Crippen molar-refractivity contribution in [1.29, 1.82) is 0 Å². The fourth-order valence-electron chi connectivity index (χ4n) is 3.26. The number of para-hydroxylation sites is 1. The lowest BCUT2D eigenvalue weighted by Gasteiger charge is -2.18. The molecule has 176 valence electrons. The molecule has 0 fully saturated rings. The van der Waals surface area contributed by atoms with Crippen molar-refractivity contribution in [2.75, 3.05) is 18.2 Å². The second kappa shape index (κ2) is 11.2. The third kappa shape index (κ3) is 6.47. The van der Waals surface area contributed by atoms with Crippen LogP contribution in [0.3, 0.4) is 0 Å². The minimum Gasteiger partial charge on any atom is -0.495 e. The summed E-state index contributed by atoms with van der Waals surface area (Å²) in [6, 6.07) is 11.9. The molecule has 1 heterocycles. The van der Waals surface area contributed by atoms with Crippen molar-refractivity contribution in [3.8, 4) is 11.5 Å². The summed E-state index contributed by atoms with van der Waals surface area (Å²) >= 11 is 1.29. The Hall–Kier alpha value is -3.07. The fourth-order valence-corrected chi connectivity index (χ4v) is 4.02. The van der Waals surface area contributed by atoms with Gasteiger partial charge in [0.2, 0.25) is 5.91 Å². The minimum atomic E-state index is -0.520. The number of methoxy groups -OCH3 is 1. The molecule has 0 bridgehead atoms. The largest absolute Gasteiger partial charge is 0.495 e. The molecule has 0 radical (unpaired) electrons. The standard InChI is InChI=1S/C24H29FN4O3S/c1-15(2)13-29-23(17(4)32-20-9-7-6-8-18(20)25)27-28-24(29)33-14-22(30)26-19-12-16(3)10-11-21(19)31-5/h6-12,15,17H,13-14H2,1-5H3,(H,26,30). The normalized spacial score (nSPS) is 12.0. The summed E-state index contributed by atoms with van der Waals surface area (Å²) in [4.78, 5) is 12.6. The third-order valence-electron chi connectivity index (χ3n) is 4.76. The average Bonchev–Trinajstić information content (AvgIpc) is 3.16. The van der Waals surface area contributed by atoms with E-state index >= 15 is 0 Å². The molecule has 0 aliphatic heterocycles. The van der Waals surface area contributed by atoms with Gasteiger partial charge in [0.05, 0.1) is 18.6 Å². The Kier molecular flexibility index (Phi) is 8.32. The Morgan fingerprint density at radius 2 is 1.91 bits per heavy atom. The summed E-state index contributed by atoms with van der Waals surface area (Å²) in [6.07, 6.45) is -0.520. The van der Waals surface area contributed by atoms with Crippen LogP contribution in [-0.4, -0.2) is 33.5 Å². The molecule has 3 rings (SSSR count). The number of hydrogen-bond acceptors (Lipinski definition) is 6. The van der Waals surface area contributed by atoms with Gasteiger partial charge in [0, 0.05) is 6.54 Å². The molecule has 0 aliphatic carbocycles. The smallest absolute Gasteiger partial charge is 0.234 e. The predicted octanol–water partition coefficient (Wildman–Crippen LogP) is 5.26. The highest BCUT2D eigenvalue weighted by Gasteiger charge is 2.22. The lowest BCUT2D eigenvalue weighted by atomic mass is 10.2. The van der Waals surface area contributed by atoms with E-state index in [1.54, 1.807) is 32.2 Å². The van der Waals surface area contributed by atoms with Gasteiger partial charge < -0.3 is 19.4 Å². The van der Waals surface area contributed by atoms with Crippen molar-refractivity contribution < 1.29 is 18.7 Å². The zero-order chi connectivity index (χ0) is 24.0. The maximum absolute atomic E-state index is 14.0. The van der Waals surface area contributed by atoms with Gasteiger partial charge in [-0.25, -0.2) is 4.39 Å². The zero-order valence-corrected chi connectivity index (χ0v) is 20.3. The Balaban J connectivity index is 1.72. The first-order valence-corrected chi connectivity index (χ1v) is 11.7. The van der Waals surface area contributed by atoms with Gasteiger partial charge in [0.1, 0.15) is 5.75 Å². The van der Waals surface area contributed by atoms with E-state index in [0.717, 1.165) is 5.56 Å². The number of halogens is 1. The van der Waals surface area contributed by atoms with Crippen LogP contribution in [0.2, 0.25) is 0 Å². The van der Waals surface area contributed by atoms with Crippen LogP contribution in [0.15, 0.2) is 47.6 Å². The number of benzene rings is 2. The molecular formula is C24H29FN4O3S. The first kappa shape index (κ1) is 24.6. The van der Waals surface area contributed by atoms with Gasteiger partial charge in [-0.2, -0.15) is 0 Å². The summed E-state index contributed by atoms with van der Waals surface area (Å²) < 4.78 is 27.1. The van der Waals surface area contributed by atoms with E-state index in [-0.39, 0.29) is 17.4 Å². The van der Waals surface area contributed by atoms with Gasteiger partial charge in [0.15, 0.2) is 28.7 Å². The summed E-state index contributed by atoms with van der Waals surface area (Å²) in [6.45, 7) is 8.56. The summed E-state index contributed by atoms with van der Waals surface area (Å²) in [5, 5.41) is 12.1. The summed E-state index contributed by atoms with van der Waals surface area (Å²) in [5.41, 5.74) is 1.64. The monoisotopic (exact) mass is 472 g/mol. The number of anilines is 1. The minimum absolute atomic E-state index is 0.149. The van der Waals surface area contributed by atoms with Crippen molar-refractivity contribution in [1.82, 2.24) is 14.8 Å². The molecule has 1 aromatic heterocycles. The second-order valence-corrected chi connectivity index (χ2v) is 9.02. The molecule has 9 heteroatoms. The van der Waals surface area contributed by atoms with E-state index in [1.165, 1.54) is 17.8 Å². The number of nitrogens with one attached hydrogen (secondary N) is 1. The number of carbonyl (C=O) groups is 1. The molecule has 7 nitrogen and oxygen atoms in total. The molecule has 1 N–H and O–H groups in total. The van der Waals surface area contributed by atoms with Crippen LogP contribution in [0.25, 0.3) is 0 Å². The molecule has 0 saturated heterocycles. The fraction of sp³-hybridized carbons (Fsp3) is 0.375. The number of carbonyl (C=O) groups excluding carboxylic acids is 1. The molecule has 2 aromatic carbocycles. The number of thioether (sulfide) groups is 1. The number of rotatable bonds is 10. The van der Waals surface area contributed by atoms with Crippen molar-refractivity contribution >= 4 is 23.4 Å². The number of aryl methyl sites for hydroxylation is 1. The molecule has 0 spiro atoms. The van der Waals surface area contributed by atoms with Crippen LogP contribution < -0.4 is 14.8 Å². The van der Waals surface area contributed by atoms with E-state index in [4.69, 9.17) is 9.47 Å². The number of ether oxygens (including phenoxy) is 2. The topological polar surface area (TPSA) is 78.3 Å². The average molecular weight is 473 g/mol. The quantitative estimate of drug-likeness (QED) is 0.406. The van der Waals surface area contributed by atoms with Gasteiger partial charge in [-0.3, -0.25) is 4.79 Å². The lowest BCUT2D eigenvalue weighted by Crippen LogP contribution is -2.17. The number of aromatic nitrogens is 3. The molecule has 0 saturated carbocycles. The molecular weight excluding hydrogens is 443 g/mol. The van der Waals surface area contributed by atoms with Crippen molar-refractivity contribution in [3.05, 3.63) is 59.7 Å². The second-order valence-electron chi connectivity index (χ2n) is 8.08. The molecule has 33 heavy (non-hydrogen) atoms. The van der Waals surface area contributed by atoms with Gasteiger partial charge in [0.25, 0.3) is 0 Å². The first-order valence-electron chi connectivity index (χ1n) is 10.7. The number of hydrogen-bond donors (Lipinski definition) is 1. The van der Waals surface area contributed by atoms with Crippen molar-refractivity contribution in [3.63, 3.8) is 0 Å². The Morgan fingerprint density at radius 3 is 2.61 bits per heavy atom. The van der Waals surface area contributed by atoms with Crippen LogP contribution in [0, 0.1) is 18.7 Å². The van der Waals surface area contributed by atoms with Crippen LogP contribution in [0.4, 0.5) is 10.1 Å². The third-order valence-corrected chi connectivity index (χ3v) is 5.73. The van der Waals surface area contributed by atoms with E-state index in [1.807, 2.05) is 29.7 Å². The van der Waals surface area contributed by atoms with E-state index in [2.05, 4.69) is 29.4 Å². The van der Waals surface area contributed by atoms with Gasteiger partial charge in [-0.1, -0.05) is 43.8 Å². The molecule has 1 amide bonds. The van der Waals surface area contributed by atoms with Gasteiger partial charge in [-0.15, -0.1) is 10.2 Å². The Labute approximate surface area is 197 Å². The molecule has 1 atom stereocenters. The van der Waals surface area contributed by atoms with Crippen molar-refractivity contribution in [2.45, 2.75) is 45.5 Å². The van der Waals surface area contributed by atoms with Crippen LogP contribution in [0.5, 0.6) is 11.5 Å². The lowest BCUT2D eigenvalue weighted by molar-refractivity contribution is -0.113. The molecule has 3 aromatic rings. The highest BCUT2D eigenvalue weighted by atomic mass is 32.2. The van der Waals surface area contributed by atoms with Crippen LogP contribution in [-0.2, 0) is 11.3 Å². The van der Waals surface area contributed by atoms with E-state index < -0.39 is 11.9 Å². The van der Waals surface area contributed by atoms with Gasteiger partial charge >= 0.3 is 0 Å². The summed E-state index contributed by atoms with van der Waals surface area (Å²) in [7, 11) is 1.57. The Morgan fingerprint density at radius 1 is 1.15 bits per heavy atom. The molecule has 0 aliphatic rings. The van der Waals surface area contributed by atoms with Crippen LogP contribution in [0.1, 0.15) is 38.3 Å². The maximum Gasteiger partial charge on any atom is 0.234 e. The molecule has 1 unspecified atom stereocenters. The van der Waals surface area contributed by atoms with Crippen molar-refractivity contribution in [2.24, 2.45) is 5.92 Å². The predicted molar refractivity (Wildman–Crippen MR) is 127 cm³/mol. The number of amides is 1. The number of nitrogens with zero attached hydrogens (tertiary/aromatic N) is 3. The van der Waals surface area contributed by atoms with Crippen LogP contribution >= 0.6 is 11.8 Å². The Bertz CT molecular complexity index is 1100. The zero-order valence-electron chi connectivity index (χ0n) is 19.5. The van der Waals surface area contributed by atoms with E-state index in [0.29, 0.717) is 34.9 Å². The van der Waals surface area contributed by atoms with Gasteiger partial charge in [-0.05, 0) is 49.6 Å². The first-order chi connectivity index (χ1) is 15.8. The highest BCUT2D eigenvalue weighted by molar-refractivity contribution is 7.99. The maximum atomic E-state index is 14.0.